The summed E-state index contributed by atoms with van der Waals surface area (Å²) in [6.07, 6.45) is 3.28. The molecule has 3 aromatic rings. The van der Waals surface area contributed by atoms with Crippen LogP contribution in [-0.4, -0.2) is 100 Å². The molecule has 2 aliphatic rings. The van der Waals surface area contributed by atoms with Crippen LogP contribution in [-0.2, 0) is 0 Å². The summed E-state index contributed by atoms with van der Waals surface area (Å²) in [5.74, 6) is 2.91. The largest absolute Gasteiger partial charge is 0.497 e. The molecule has 5 rings (SSSR count). The zero-order chi connectivity index (χ0) is 31.6. The molecule has 2 saturated heterocycles. The van der Waals surface area contributed by atoms with E-state index in [9.17, 15) is 4.79 Å². The molecule has 2 aromatic carbocycles. The highest BCUT2D eigenvalue weighted by molar-refractivity contribution is 5.95. The van der Waals surface area contributed by atoms with Crippen LogP contribution < -0.4 is 20.3 Å². The van der Waals surface area contributed by atoms with Crippen molar-refractivity contribution in [1.82, 2.24) is 19.8 Å². The summed E-state index contributed by atoms with van der Waals surface area (Å²) >= 11 is 0. The second-order valence-electron chi connectivity index (χ2n) is 10.4. The van der Waals surface area contributed by atoms with Gasteiger partial charge in [-0.05, 0) is 50.9 Å². The number of aromatic nitrogens is 2. The number of carbonyl (C=O) groups excluding carboxylic acids is 1. The van der Waals surface area contributed by atoms with Gasteiger partial charge in [0.25, 0.3) is 0 Å². The first-order chi connectivity index (χ1) is 20.9. The summed E-state index contributed by atoms with van der Waals surface area (Å²) in [6.45, 7) is 12.5. The molecule has 0 aliphatic carbocycles. The number of nitrogens with one attached hydrogen (secondary N) is 2. The van der Waals surface area contributed by atoms with Gasteiger partial charge in [-0.15, -0.1) is 0 Å². The van der Waals surface area contributed by atoms with Gasteiger partial charge in [0, 0.05) is 76.4 Å². The fraction of sp³-hybridized carbons (Fsp3) is 0.515. The third-order valence-electron chi connectivity index (χ3n) is 7.29. The number of piperazine rings is 1. The van der Waals surface area contributed by atoms with E-state index in [1.54, 1.807) is 19.2 Å². The van der Waals surface area contributed by atoms with Crippen molar-refractivity contribution in [2.45, 2.75) is 33.6 Å². The maximum Gasteiger partial charge on any atom is 0.225 e. The highest BCUT2D eigenvalue weighted by atomic mass is 16.5. The zero-order valence-electron chi connectivity index (χ0n) is 27.1. The maximum atomic E-state index is 11.2. The van der Waals surface area contributed by atoms with Crippen molar-refractivity contribution in [2.24, 2.45) is 5.92 Å². The standard InChI is InChI=1S/C17H28N6O.C12H13NO.C2H3N.C2H6/c1-21-6-8-23(9-7-21)16-10-15(13-24)19-17(20-16)18-11-14-4-3-5-22(2)12-14;1-13-12-8-10(14-2)7-9-5-3-4-6-11(9)12;1-2-3;1-2/h10,13-14H,3-9,11-12H2,1-2H3,(H,18,19,20);3-8,13H,1-2H3;1H3;1-2H3. The lowest BCUT2D eigenvalue weighted by Gasteiger charge is -2.33. The summed E-state index contributed by atoms with van der Waals surface area (Å²) in [5.41, 5.74) is 1.54. The third-order valence-corrected chi connectivity index (χ3v) is 7.29. The molecular weight excluding hydrogens is 540 g/mol. The molecule has 2 N–H and O–H groups in total. The summed E-state index contributed by atoms with van der Waals surface area (Å²) in [7, 11) is 7.90. The monoisotopic (exact) mass is 590 g/mol. The minimum absolute atomic E-state index is 0.446. The summed E-state index contributed by atoms with van der Waals surface area (Å²) in [5, 5.41) is 16.2. The minimum Gasteiger partial charge on any atom is -0.497 e. The normalized spacial score (nSPS) is 16.6. The number of nitrogens with zero attached hydrogens (tertiary/aromatic N) is 6. The Morgan fingerprint density at radius 3 is 2.37 bits per heavy atom. The number of methoxy groups -OCH3 is 1. The van der Waals surface area contributed by atoms with Crippen LogP contribution in [0.25, 0.3) is 10.8 Å². The van der Waals surface area contributed by atoms with Crippen LogP contribution in [0.2, 0.25) is 0 Å². The van der Waals surface area contributed by atoms with Gasteiger partial charge >= 0.3 is 0 Å². The van der Waals surface area contributed by atoms with Gasteiger partial charge in [0.1, 0.15) is 17.3 Å². The van der Waals surface area contributed by atoms with Crippen LogP contribution in [0.5, 0.6) is 5.75 Å². The number of nitriles is 1. The molecular formula is C33H50N8O2. The first-order valence-electron chi connectivity index (χ1n) is 15.2. The van der Waals surface area contributed by atoms with Gasteiger partial charge in [0.15, 0.2) is 6.29 Å². The van der Waals surface area contributed by atoms with Gasteiger partial charge in [0.2, 0.25) is 5.95 Å². The molecule has 3 heterocycles. The van der Waals surface area contributed by atoms with E-state index in [0.29, 0.717) is 17.6 Å². The predicted octanol–water partition coefficient (Wildman–Crippen LogP) is 5.24. The van der Waals surface area contributed by atoms with Crippen molar-refractivity contribution in [3.63, 3.8) is 0 Å². The van der Waals surface area contributed by atoms with Crippen molar-refractivity contribution >= 4 is 34.5 Å². The lowest BCUT2D eigenvalue weighted by Crippen LogP contribution is -2.45. The summed E-state index contributed by atoms with van der Waals surface area (Å²) in [6, 6.07) is 15.8. The number of benzene rings is 2. The van der Waals surface area contributed by atoms with Gasteiger partial charge in [-0.25, -0.2) is 4.98 Å². The summed E-state index contributed by atoms with van der Waals surface area (Å²) in [4.78, 5) is 27.1. The number of likely N-dealkylation sites (N-methyl/N-ethyl adjacent to an activating group) is 1. The van der Waals surface area contributed by atoms with Gasteiger partial charge in [-0.3, -0.25) is 4.79 Å². The van der Waals surface area contributed by atoms with Crippen LogP contribution in [0.15, 0.2) is 42.5 Å². The maximum absolute atomic E-state index is 11.2. The number of piperidine rings is 1. The molecule has 1 unspecified atom stereocenters. The SMILES string of the molecule is CC.CC#N.CN1CCN(c2cc(C=O)nc(NCC3CCCN(C)C3)n2)CC1.CNc1cc(OC)cc2ccccc12. The molecule has 0 amide bonds. The zero-order valence-corrected chi connectivity index (χ0v) is 27.1. The number of likely N-dealkylation sites (tertiary alicyclic amines) is 1. The quantitative estimate of drug-likeness (QED) is 0.355. The van der Waals surface area contributed by atoms with Gasteiger partial charge in [-0.2, -0.15) is 10.2 Å². The molecule has 0 bridgehead atoms. The Morgan fingerprint density at radius 2 is 1.74 bits per heavy atom. The average Bonchev–Trinajstić information content (AvgIpc) is 3.05. The van der Waals surface area contributed by atoms with Crippen LogP contribution in [0.3, 0.4) is 0 Å². The molecule has 2 aliphatic heterocycles. The number of aldehydes is 1. The van der Waals surface area contributed by atoms with Gasteiger partial charge in [-0.1, -0.05) is 38.1 Å². The molecule has 0 spiro atoms. The summed E-state index contributed by atoms with van der Waals surface area (Å²) < 4.78 is 5.22. The highest BCUT2D eigenvalue weighted by Gasteiger charge is 2.19. The Hall–Kier alpha value is -3.94. The fourth-order valence-electron chi connectivity index (χ4n) is 5.07. The van der Waals surface area contributed by atoms with E-state index in [-0.39, 0.29) is 0 Å². The topological polar surface area (TPSA) is 110 Å². The lowest BCUT2D eigenvalue weighted by molar-refractivity contribution is 0.111. The van der Waals surface area contributed by atoms with E-state index in [2.05, 4.69) is 61.5 Å². The number of ether oxygens (including phenoxy) is 1. The van der Waals surface area contributed by atoms with Crippen molar-refractivity contribution < 1.29 is 9.53 Å². The molecule has 10 heteroatoms. The molecule has 1 atom stereocenters. The molecule has 2 fully saturated rings. The number of fused-ring (bicyclic) bond motifs is 1. The Balaban J connectivity index is 0.000000287. The van der Waals surface area contributed by atoms with Crippen molar-refractivity contribution in [1.29, 1.82) is 5.26 Å². The second-order valence-corrected chi connectivity index (χ2v) is 10.4. The average molecular weight is 591 g/mol. The first kappa shape index (κ1) is 35.3. The Kier molecular flexibility index (Phi) is 15.8. The lowest BCUT2D eigenvalue weighted by atomic mass is 9.99. The number of carbonyl (C=O) groups is 1. The fourth-order valence-corrected chi connectivity index (χ4v) is 5.07. The molecule has 0 saturated carbocycles. The van der Waals surface area contributed by atoms with Gasteiger partial charge in [0.05, 0.1) is 13.2 Å². The van der Waals surface area contributed by atoms with Crippen LogP contribution in [0, 0.1) is 17.2 Å². The molecule has 234 valence electrons. The van der Waals surface area contributed by atoms with Gasteiger partial charge < -0.3 is 30.1 Å². The van der Waals surface area contributed by atoms with Crippen molar-refractivity contribution in [3.8, 4) is 11.8 Å². The Labute approximate surface area is 258 Å². The third kappa shape index (κ3) is 11.3. The van der Waals surface area contributed by atoms with E-state index < -0.39 is 0 Å². The van der Waals surface area contributed by atoms with Crippen LogP contribution >= 0.6 is 0 Å². The van der Waals surface area contributed by atoms with E-state index in [4.69, 9.17) is 10.00 Å². The van der Waals surface area contributed by atoms with Crippen LogP contribution in [0.1, 0.15) is 44.1 Å². The minimum atomic E-state index is 0.446. The van der Waals surface area contributed by atoms with E-state index in [1.165, 1.54) is 37.1 Å². The molecule has 10 nitrogen and oxygen atoms in total. The first-order valence-corrected chi connectivity index (χ1v) is 15.2. The Morgan fingerprint density at radius 1 is 1.05 bits per heavy atom. The molecule has 1 aromatic heterocycles. The van der Waals surface area contributed by atoms with E-state index in [0.717, 1.165) is 62.8 Å². The van der Waals surface area contributed by atoms with Crippen LogP contribution in [0.4, 0.5) is 17.5 Å². The molecule has 43 heavy (non-hydrogen) atoms. The highest BCUT2D eigenvalue weighted by Crippen LogP contribution is 2.28. The number of rotatable bonds is 7. The van der Waals surface area contributed by atoms with E-state index in [1.807, 2.05) is 45.2 Å². The number of hydrogen-bond donors (Lipinski definition) is 2. The number of anilines is 3. The second kappa shape index (κ2) is 19.3. The van der Waals surface area contributed by atoms with Crippen molar-refractivity contribution in [2.75, 3.05) is 89.6 Å². The molecule has 0 radical (unpaired) electrons. The van der Waals surface area contributed by atoms with Crippen molar-refractivity contribution in [3.05, 3.63) is 48.2 Å². The smallest absolute Gasteiger partial charge is 0.225 e. The Bertz CT molecular complexity index is 1290. The van der Waals surface area contributed by atoms with E-state index >= 15 is 0 Å². The predicted molar refractivity (Wildman–Crippen MR) is 179 cm³/mol. The number of hydrogen-bond acceptors (Lipinski definition) is 10.